The van der Waals surface area contributed by atoms with E-state index in [2.05, 4.69) is 5.32 Å². The predicted octanol–water partition coefficient (Wildman–Crippen LogP) is 4.20. The van der Waals surface area contributed by atoms with Crippen molar-refractivity contribution in [2.24, 2.45) is 0 Å². The molecule has 0 bridgehead atoms. The molecule has 2 aliphatic heterocycles. The molecule has 6 nitrogen and oxygen atoms in total. The van der Waals surface area contributed by atoms with Gasteiger partial charge in [0.2, 0.25) is 0 Å². The quantitative estimate of drug-likeness (QED) is 0.625. The lowest BCUT2D eigenvalue weighted by atomic mass is 9.82. The van der Waals surface area contributed by atoms with Gasteiger partial charge in [0.25, 0.3) is 5.91 Å². The van der Waals surface area contributed by atoms with Crippen LogP contribution in [0.15, 0.2) is 72.8 Å². The standard InChI is InChI=1S/C24H19ClN2O4/c25-20-11-16(21-17(12-20)14-30-15-31-21)13-27-22(28)24(26-23(27)29,18-7-3-1-4-8-18)19-9-5-2-6-10-19/h1-12H,13-15H2,(H,26,29). The van der Waals surface area contributed by atoms with Crippen molar-refractivity contribution >= 4 is 23.5 Å². The summed E-state index contributed by atoms with van der Waals surface area (Å²) in [4.78, 5) is 28.2. The van der Waals surface area contributed by atoms with Gasteiger partial charge in [0.05, 0.1) is 13.2 Å². The van der Waals surface area contributed by atoms with E-state index in [-0.39, 0.29) is 19.2 Å². The molecule has 7 heteroatoms. The molecule has 0 aromatic heterocycles. The van der Waals surface area contributed by atoms with E-state index in [1.807, 2.05) is 60.7 Å². The lowest BCUT2D eigenvalue weighted by Gasteiger charge is -2.28. The molecule has 1 fully saturated rings. The zero-order valence-corrected chi connectivity index (χ0v) is 17.3. The topological polar surface area (TPSA) is 67.9 Å². The Morgan fingerprint density at radius 3 is 2.26 bits per heavy atom. The molecule has 31 heavy (non-hydrogen) atoms. The predicted molar refractivity (Wildman–Crippen MR) is 114 cm³/mol. The van der Waals surface area contributed by atoms with E-state index in [0.717, 1.165) is 5.56 Å². The van der Waals surface area contributed by atoms with Crippen LogP contribution in [-0.4, -0.2) is 23.6 Å². The monoisotopic (exact) mass is 434 g/mol. The first-order valence-electron chi connectivity index (χ1n) is 9.86. The fourth-order valence-electron chi connectivity index (χ4n) is 4.20. The third-order valence-corrected chi connectivity index (χ3v) is 5.82. The van der Waals surface area contributed by atoms with E-state index >= 15 is 0 Å². The van der Waals surface area contributed by atoms with Crippen molar-refractivity contribution in [1.29, 1.82) is 0 Å². The Kier molecular flexibility index (Phi) is 4.88. The average molecular weight is 435 g/mol. The molecule has 2 heterocycles. The lowest BCUT2D eigenvalue weighted by molar-refractivity contribution is -0.130. The van der Waals surface area contributed by atoms with E-state index in [0.29, 0.717) is 34.1 Å². The number of urea groups is 1. The first kappa shape index (κ1) is 19.6. The van der Waals surface area contributed by atoms with Gasteiger partial charge in [-0.05, 0) is 23.3 Å². The van der Waals surface area contributed by atoms with Gasteiger partial charge < -0.3 is 14.8 Å². The van der Waals surface area contributed by atoms with Crippen LogP contribution >= 0.6 is 11.6 Å². The van der Waals surface area contributed by atoms with Crippen molar-refractivity contribution in [3.63, 3.8) is 0 Å². The first-order valence-corrected chi connectivity index (χ1v) is 10.2. The Hall–Kier alpha value is -3.35. The number of rotatable bonds is 4. The summed E-state index contributed by atoms with van der Waals surface area (Å²) in [6, 6.07) is 21.5. The fraction of sp³-hybridized carbons (Fsp3) is 0.167. The molecule has 1 saturated heterocycles. The minimum atomic E-state index is -1.30. The second-order valence-electron chi connectivity index (χ2n) is 7.47. The summed E-state index contributed by atoms with van der Waals surface area (Å²) >= 11 is 6.27. The van der Waals surface area contributed by atoms with Gasteiger partial charge in [-0.25, -0.2) is 4.79 Å². The van der Waals surface area contributed by atoms with E-state index in [4.69, 9.17) is 21.1 Å². The zero-order chi connectivity index (χ0) is 21.4. The van der Waals surface area contributed by atoms with E-state index in [1.165, 1.54) is 4.90 Å². The number of benzene rings is 3. The van der Waals surface area contributed by atoms with Crippen LogP contribution in [0.3, 0.4) is 0 Å². The Balaban J connectivity index is 1.58. The Morgan fingerprint density at radius 2 is 1.61 bits per heavy atom. The molecule has 0 saturated carbocycles. The molecule has 0 spiro atoms. The molecule has 3 amide bonds. The van der Waals surface area contributed by atoms with Crippen molar-refractivity contribution < 1.29 is 19.1 Å². The summed E-state index contributed by atoms with van der Waals surface area (Å²) in [5.74, 6) is 0.254. The van der Waals surface area contributed by atoms with Gasteiger partial charge in [-0.15, -0.1) is 0 Å². The van der Waals surface area contributed by atoms with Gasteiger partial charge in [-0.3, -0.25) is 9.69 Å². The number of ether oxygens (including phenoxy) is 2. The van der Waals surface area contributed by atoms with Crippen molar-refractivity contribution in [2.75, 3.05) is 6.79 Å². The largest absolute Gasteiger partial charge is 0.467 e. The molecule has 1 N–H and O–H groups in total. The molecular weight excluding hydrogens is 416 g/mol. The number of hydrogen-bond donors (Lipinski definition) is 1. The van der Waals surface area contributed by atoms with Crippen LogP contribution in [0.5, 0.6) is 5.75 Å². The molecule has 0 unspecified atom stereocenters. The second-order valence-corrected chi connectivity index (χ2v) is 7.90. The van der Waals surface area contributed by atoms with Crippen LogP contribution in [-0.2, 0) is 28.2 Å². The number of nitrogens with one attached hydrogen (secondary N) is 1. The smallest absolute Gasteiger partial charge is 0.325 e. The van der Waals surface area contributed by atoms with Gasteiger partial charge in [0.1, 0.15) is 5.75 Å². The van der Waals surface area contributed by atoms with Crippen molar-refractivity contribution in [2.45, 2.75) is 18.7 Å². The second kappa shape index (κ2) is 7.72. The summed E-state index contributed by atoms with van der Waals surface area (Å²) in [5, 5.41) is 3.45. The number of fused-ring (bicyclic) bond motifs is 1. The Morgan fingerprint density at radius 1 is 0.968 bits per heavy atom. The van der Waals surface area contributed by atoms with Gasteiger partial charge in [-0.2, -0.15) is 0 Å². The Bertz CT molecular complexity index is 1110. The number of carbonyl (C=O) groups is 2. The highest BCUT2D eigenvalue weighted by molar-refractivity contribution is 6.30. The number of halogens is 1. The molecule has 0 radical (unpaired) electrons. The number of nitrogens with zero attached hydrogens (tertiary/aromatic N) is 1. The van der Waals surface area contributed by atoms with Crippen LogP contribution < -0.4 is 10.1 Å². The third kappa shape index (κ3) is 3.24. The number of imide groups is 1. The normalized spacial score (nSPS) is 17.1. The van der Waals surface area contributed by atoms with Crippen LogP contribution in [0.1, 0.15) is 22.3 Å². The molecule has 0 aliphatic carbocycles. The third-order valence-electron chi connectivity index (χ3n) is 5.60. The number of hydrogen-bond acceptors (Lipinski definition) is 4. The van der Waals surface area contributed by atoms with E-state index < -0.39 is 11.6 Å². The minimum Gasteiger partial charge on any atom is -0.467 e. The molecular formula is C24H19ClN2O4. The lowest BCUT2D eigenvalue weighted by Crippen LogP contribution is -2.45. The summed E-state index contributed by atoms with van der Waals surface area (Å²) in [6.07, 6.45) is 0. The average Bonchev–Trinajstić information content (AvgIpc) is 3.06. The summed E-state index contributed by atoms with van der Waals surface area (Å²) < 4.78 is 11.0. The highest BCUT2D eigenvalue weighted by Crippen LogP contribution is 2.38. The van der Waals surface area contributed by atoms with Crippen LogP contribution in [0.2, 0.25) is 5.02 Å². The summed E-state index contributed by atoms with van der Waals surface area (Å²) in [5.41, 5.74) is 1.53. The highest BCUT2D eigenvalue weighted by atomic mass is 35.5. The van der Waals surface area contributed by atoms with Crippen LogP contribution in [0.25, 0.3) is 0 Å². The maximum absolute atomic E-state index is 13.8. The summed E-state index contributed by atoms with van der Waals surface area (Å²) in [6.45, 7) is 0.510. The van der Waals surface area contributed by atoms with Gasteiger partial charge in [-0.1, -0.05) is 72.3 Å². The van der Waals surface area contributed by atoms with Crippen LogP contribution in [0, 0.1) is 0 Å². The molecule has 3 aromatic rings. The molecule has 3 aromatic carbocycles. The van der Waals surface area contributed by atoms with Gasteiger partial charge in [0, 0.05) is 16.1 Å². The van der Waals surface area contributed by atoms with E-state index in [1.54, 1.807) is 12.1 Å². The maximum atomic E-state index is 13.8. The molecule has 5 rings (SSSR count). The first-order chi connectivity index (χ1) is 15.1. The fourth-order valence-corrected chi connectivity index (χ4v) is 4.46. The summed E-state index contributed by atoms with van der Waals surface area (Å²) in [7, 11) is 0. The molecule has 2 aliphatic rings. The SMILES string of the molecule is O=C1NC(c2ccccc2)(c2ccccc2)C(=O)N1Cc1cc(Cl)cc2c1OCOC2. The van der Waals surface area contributed by atoms with Gasteiger partial charge >= 0.3 is 6.03 Å². The Labute approximate surface area is 184 Å². The zero-order valence-electron chi connectivity index (χ0n) is 16.5. The molecule has 156 valence electrons. The van der Waals surface area contributed by atoms with E-state index in [9.17, 15) is 9.59 Å². The number of carbonyl (C=O) groups excluding carboxylic acids is 2. The molecule has 0 atom stereocenters. The van der Waals surface area contributed by atoms with Crippen molar-refractivity contribution in [3.05, 3.63) is 100 Å². The van der Waals surface area contributed by atoms with Crippen molar-refractivity contribution in [1.82, 2.24) is 10.2 Å². The minimum absolute atomic E-state index is 0.0367. The highest BCUT2D eigenvalue weighted by Gasteiger charge is 2.53. The van der Waals surface area contributed by atoms with Crippen molar-refractivity contribution in [3.8, 4) is 5.75 Å². The number of amides is 3. The van der Waals surface area contributed by atoms with Crippen LogP contribution in [0.4, 0.5) is 4.79 Å². The van der Waals surface area contributed by atoms with Gasteiger partial charge in [0.15, 0.2) is 12.3 Å². The maximum Gasteiger partial charge on any atom is 0.325 e.